The smallest absolute Gasteiger partial charge is 0.106 e. The van der Waals surface area contributed by atoms with Crippen molar-refractivity contribution in [2.24, 2.45) is 5.92 Å². The Kier molecular flexibility index (Phi) is 2.72. The Labute approximate surface area is 90.1 Å². The van der Waals surface area contributed by atoms with E-state index >= 15 is 0 Å². The van der Waals surface area contributed by atoms with Crippen LogP contribution in [0, 0.1) is 5.92 Å². The first-order valence-corrected chi connectivity index (χ1v) is 5.30. The molecule has 1 heteroatoms. The van der Waals surface area contributed by atoms with Gasteiger partial charge in [-0.15, -0.1) is 0 Å². The summed E-state index contributed by atoms with van der Waals surface area (Å²) in [5, 5.41) is 0. The second-order valence-corrected chi connectivity index (χ2v) is 4.08. The fourth-order valence-electron chi connectivity index (χ4n) is 2.04. The van der Waals surface area contributed by atoms with Crippen LogP contribution in [0.5, 0.6) is 0 Å². The lowest BCUT2D eigenvalue weighted by Crippen LogP contribution is -2.06. The summed E-state index contributed by atoms with van der Waals surface area (Å²) in [7, 11) is 0. The zero-order valence-corrected chi connectivity index (χ0v) is 9.13. The lowest BCUT2D eigenvalue weighted by Gasteiger charge is -2.21. The van der Waals surface area contributed by atoms with Gasteiger partial charge in [-0.1, -0.05) is 43.3 Å². The van der Waals surface area contributed by atoms with Crippen LogP contribution in [0.4, 0.5) is 4.39 Å². The van der Waals surface area contributed by atoms with Gasteiger partial charge in [-0.2, -0.15) is 0 Å². The summed E-state index contributed by atoms with van der Waals surface area (Å²) < 4.78 is 13.7. The third-order valence-corrected chi connectivity index (χ3v) is 2.99. The van der Waals surface area contributed by atoms with Crippen molar-refractivity contribution in [3.63, 3.8) is 0 Å². The van der Waals surface area contributed by atoms with Gasteiger partial charge in [0.1, 0.15) is 5.83 Å². The minimum absolute atomic E-state index is 0.0383. The van der Waals surface area contributed by atoms with Crippen LogP contribution < -0.4 is 0 Å². The highest BCUT2D eigenvalue weighted by Gasteiger charge is 2.20. The van der Waals surface area contributed by atoms with E-state index in [9.17, 15) is 4.39 Å². The summed E-state index contributed by atoms with van der Waals surface area (Å²) in [5.41, 5.74) is 3.11. The molecule has 0 nitrogen and oxygen atoms in total. The first kappa shape index (κ1) is 10.2. The quantitative estimate of drug-likeness (QED) is 0.635. The van der Waals surface area contributed by atoms with E-state index in [1.165, 1.54) is 0 Å². The van der Waals surface area contributed by atoms with E-state index in [1.807, 2.05) is 44.2 Å². The van der Waals surface area contributed by atoms with E-state index in [1.54, 1.807) is 0 Å². The highest BCUT2D eigenvalue weighted by Crippen LogP contribution is 2.36. The van der Waals surface area contributed by atoms with Crippen molar-refractivity contribution in [3.05, 3.63) is 53.4 Å². The summed E-state index contributed by atoms with van der Waals surface area (Å²) in [6.07, 6.45) is 2.87. The molecule has 0 aliphatic heterocycles. The van der Waals surface area contributed by atoms with E-state index < -0.39 is 0 Å². The van der Waals surface area contributed by atoms with Crippen LogP contribution >= 0.6 is 0 Å². The lowest BCUT2D eigenvalue weighted by molar-refractivity contribution is 0.535. The average molecular weight is 202 g/mol. The Hall–Kier alpha value is -1.37. The Morgan fingerprint density at radius 2 is 1.87 bits per heavy atom. The molecular formula is C14H15F. The molecule has 0 bridgehead atoms. The fraction of sp³-hybridized carbons (Fsp3) is 0.286. The van der Waals surface area contributed by atoms with Crippen molar-refractivity contribution in [3.8, 4) is 0 Å². The Morgan fingerprint density at radius 3 is 2.53 bits per heavy atom. The molecule has 1 aromatic carbocycles. The van der Waals surface area contributed by atoms with Gasteiger partial charge in [-0.3, -0.25) is 0 Å². The molecule has 1 aliphatic rings. The van der Waals surface area contributed by atoms with Gasteiger partial charge in [-0.05, 0) is 30.1 Å². The standard InChI is InChI=1S/C14H15F/c1-10-8-9-13(11(2)14(10)15)12-6-4-3-5-7-12/h3-7,9,11H,8H2,1-2H3. The molecule has 0 amide bonds. The van der Waals surface area contributed by atoms with Gasteiger partial charge in [0, 0.05) is 5.92 Å². The maximum atomic E-state index is 13.7. The number of allylic oxidation sites excluding steroid dienone is 4. The summed E-state index contributed by atoms with van der Waals surface area (Å²) >= 11 is 0. The molecule has 0 fully saturated rings. The third kappa shape index (κ3) is 1.87. The Balaban J connectivity index is 2.34. The predicted octanol–water partition coefficient (Wildman–Crippen LogP) is 4.35. The van der Waals surface area contributed by atoms with Gasteiger partial charge in [0.25, 0.3) is 0 Å². The Bertz CT molecular complexity index is 412. The molecule has 0 saturated carbocycles. The third-order valence-electron chi connectivity index (χ3n) is 2.99. The van der Waals surface area contributed by atoms with Crippen molar-refractivity contribution in [1.82, 2.24) is 0 Å². The van der Waals surface area contributed by atoms with Crippen LogP contribution in [-0.2, 0) is 0 Å². The zero-order valence-electron chi connectivity index (χ0n) is 9.13. The van der Waals surface area contributed by atoms with Crippen LogP contribution in [-0.4, -0.2) is 0 Å². The van der Waals surface area contributed by atoms with E-state index in [0.29, 0.717) is 0 Å². The summed E-state index contributed by atoms with van der Waals surface area (Å²) in [6.45, 7) is 3.79. The van der Waals surface area contributed by atoms with Crippen LogP contribution in [0.25, 0.3) is 5.57 Å². The van der Waals surface area contributed by atoms with Crippen molar-refractivity contribution >= 4 is 5.57 Å². The first-order chi connectivity index (χ1) is 7.20. The number of benzene rings is 1. The van der Waals surface area contributed by atoms with Crippen LogP contribution in [0.3, 0.4) is 0 Å². The van der Waals surface area contributed by atoms with E-state index in [-0.39, 0.29) is 11.7 Å². The van der Waals surface area contributed by atoms with Gasteiger partial charge in [-0.25, -0.2) is 4.39 Å². The number of hydrogen-bond donors (Lipinski definition) is 0. The molecule has 0 aromatic heterocycles. The molecule has 0 N–H and O–H groups in total. The van der Waals surface area contributed by atoms with E-state index in [2.05, 4.69) is 6.08 Å². The fourth-order valence-corrected chi connectivity index (χ4v) is 2.04. The molecule has 15 heavy (non-hydrogen) atoms. The molecule has 0 saturated heterocycles. The Morgan fingerprint density at radius 1 is 1.20 bits per heavy atom. The second kappa shape index (κ2) is 4.01. The normalized spacial score (nSPS) is 21.5. The van der Waals surface area contributed by atoms with E-state index in [0.717, 1.165) is 23.1 Å². The van der Waals surface area contributed by atoms with Crippen molar-refractivity contribution < 1.29 is 4.39 Å². The van der Waals surface area contributed by atoms with Gasteiger partial charge in [0.2, 0.25) is 0 Å². The van der Waals surface area contributed by atoms with Gasteiger partial charge in [0.05, 0.1) is 0 Å². The van der Waals surface area contributed by atoms with Crippen molar-refractivity contribution in [2.45, 2.75) is 20.3 Å². The molecule has 78 valence electrons. The molecular weight excluding hydrogens is 187 g/mol. The molecule has 0 heterocycles. The number of hydrogen-bond acceptors (Lipinski definition) is 0. The van der Waals surface area contributed by atoms with Crippen molar-refractivity contribution in [2.75, 3.05) is 0 Å². The first-order valence-electron chi connectivity index (χ1n) is 5.30. The molecule has 1 aromatic rings. The molecule has 2 rings (SSSR count). The molecule has 1 aliphatic carbocycles. The highest BCUT2D eigenvalue weighted by atomic mass is 19.1. The van der Waals surface area contributed by atoms with Crippen molar-refractivity contribution in [1.29, 1.82) is 0 Å². The topological polar surface area (TPSA) is 0 Å². The number of halogens is 1. The summed E-state index contributed by atoms with van der Waals surface area (Å²) in [4.78, 5) is 0. The molecule has 1 atom stereocenters. The monoisotopic (exact) mass is 202 g/mol. The highest BCUT2D eigenvalue weighted by molar-refractivity contribution is 5.70. The maximum Gasteiger partial charge on any atom is 0.106 e. The van der Waals surface area contributed by atoms with Gasteiger partial charge in [0.15, 0.2) is 0 Å². The number of rotatable bonds is 1. The maximum absolute atomic E-state index is 13.7. The van der Waals surface area contributed by atoms with Crippen LogP contribution in [0.15, 0.2) is 47.8 Å². The zero-order chi connectivity index (χ0) is 10.8. The SMILES string of the molecule is CC1=C(F)C(C)C(c2ccccc2)=CC1. The summed E-state index contributed by atoms with van der Waals surface area (Å²) in [6, 6.07) is 10.0. The molecule has 0 spiro atoms. The minimum Gasteiger partial charge on any atom is -0.211 e. The second-order valence-electron chi connectivity index (χ2n) is 4.08. The van der Waals surface area contributed by atoms with Gasteiger partial charge < -0.3 is 0 Å². The molecule has 1 unspecified atom stereocenters. The average Bonchev–Trinajstić information content (AvgIpc) is 2.27. The van der Waals surface area contributed by atoms with Gasteiger partial charge >= 0.3 is 0 Å². The predicted molar refractivity (Wildman–Crippen MR) is 62.0 cm³/mol. The van der Waals surface area contributed by atoms with E-state index in [4.69, 9.17) is 0 Å². The van der Waals surface area contributed by atoms with Crippen LogP contribution in [0.2, 0.25) is 0 Å². The summed E-state index contributed by atoms with van der Waals surface area (Å²) in [5.74, 6) is -0.0579. The lowest BCUT2D eigenvalue weighted by atomic mass is 9.86. The largest absolute Gasteiger partial charge is 0.211 e. The molecule has 0 radical (unpaired) electrons. The minimum atomic E-state index is -0.0962. The van der Waals surface area contributed by atoms with Crippen LogP contribution in [0.1, 0.15) is 25.8 Å².